The first-order valence-corrected chi connectivity index (χ1v) is 5.01. The van der Waals surface area contributed by atoms with Crippen molar-refractivity contribution in [3.05, 3.63) is 60.2 Å². The summed E-state index contributed by atoms with van der Waals surface area (Å²) >= 11 is 0. The number of rotatable bonds is 2. The Hall–Kier alpha value is -2.21. The summed E-state index contributed by atoms with van der Waals surface area (Å²) in [4.78, 5) is 8.33. The zero-order chi connectivity index (χ0) is 11.4. The molecule has 1 unspecified atom stereocenters. The Labute approximate surface area is 94.4 Å². The number of nitriles is 1. The lowest BCUT2D eigenvalue weighted by Gasteiger charge is -2.19. The van der Waals surface area contributed by atoms with Crippen molar-refractivity contribution in [3.8, 4) is 6.07 Å². The van der Waals surface area contributed by atoms with Gasteiger partial charge in [-0.3, -0.25) is 0 Å². The van der Waals surface area contributed by atoms with E-state index in [2.05, 4.69) is 16.0 Å². The summed E-state index contributed by atoms with van der Waals surface area (Å²) in [5.74, 6) is 0.531. The molecule has 2 rings (SSSR count). The number of nitrogens with zero attached hydrogens (tertiary/aromatic N) is 3. The van der Waals surface area contributed by atoms with Gasteiger partial charge in [0.15, 0.2) is 5.82 Å². The number of aromatic nitrogens is 2. The number of hydrogen-bond donors (Lipinski definition) is 0. The SMILES string of the molecule is CC(C#N)(c1ccccc1)c1ncccn1. The van der Waals surface area contributed by atoms with Gasteiger partial charge in [-0.25, -0.2) is 9.97 Å². The Morgan fingerprint density at radius 1 is 1.06 bits per heavy atom. The molecule has 0 radical (unpaired) electrons. The standard InChI is InChI=1S/C13H11N3/c1-13(10-14,11-6-3-2-4-7-11)12-15-8-5-9-16-12/h2-9H,1H3. The van der Waals surface area contributed by atoms with Crippen LogP contribution in [0.5, 0.6) is 0 Å². The smallest absolute Gasteiger partial charge is 0.152 e. The first kappa shape index (κ1) is 10.3. The van der Waals surface area contributed by atoms with Crippen molar-refractivity contribution in [2.24, 2.45) is 0 Å². The Bertz CT molecular complexity index is 460. The molecule has 0 aliphatic carbocycles. The minimum atomic E-state index is -0.789. The second-order valence-electron chi connectivity index (χ2n) is 3.68. The van der Waals surface area contributed by atoms with Gasteiger partial charge < -0.3 is 0 Å². The molecule has 0 bridgehead atoms. The van der Waals surface area contributed by atoms with Crippen LogP contribution in [0.3, 0.4) is 0 Å². The summed E-state index contributed by atoms with van der Waals surface area (Å²) in [6.45, 7) is 1.83. The molecule has 0 aliphatic heterocycles. The Morgan fingerprint density at radius 3 is 2.25 bits per heavy atom. The maximum Gasteiger partial charge on any atom is 0.152 e. The van der Waals surface area contributed by atoms with Crippen LogP contribution in [0.15, 0.2) is 48.8 Å². The molecule has 78 valence electrons. The van der Waals surface area contributed by atoms with Gasteiger partial charge in [-0.05, 0) is 18.6 Å². The van der Waals surface area contributed by atoms with Crippen LogP contribution < -0.4 is 0 Å². The topological polar surface area (TPSA) is 49.6 Å². The summed E-state index contributed by atoms with van der Waals surface area (Å²) in [5, 5.41) is 9.36. The predicted molar refractivity (Wildman–Crippen MR) is 60.5 cm³/mol. The van der Waals surface area contributed by atoms with E-state index in [1.165, 1.54) is 0 Å². The zero-order valence-corrected chi connectivity index (χ0v) is 8.96. The van der Waals surface area contributed by atoms with Gasteiger partial charge in [0.05, 0.1) is 6.07 Å². The molecule has 0 amide bonds. The largest absolute Gasteiger partial charge is 0.239 e. The number of benzene rings is 1. The van der Waals surface area contributed by atoms with E-state index in [1.54, 1.807) is 18.5 Å². The Kier molecular flexibility index (Phi) is 2.65. The Balaban J connectivity index is 2.55. The van der Waals surface area contributed by atoms with Crippen LogP contribution in [0.25, 0.3) is 0 Å². The molecule has 1 heterocycles. The molecular weight excluding hydrogens is 198 g/mol. The third kappa shape index (κ3) is 1.66. The molecule has 0 spiro atoms. The molecule has 16 heavy (non-hydrogen) atoms. The van der Waals surface area contributed by atoms with Crippen molar-refractivity contribution in [1.29, 1.82) is 5.26 Å². The third-order valence-electron chi connectivity index (χ3n) is 2.59. The third-order valence-corrected chi connectivity index (χ3v) is 2.59. The highest BCUT2D eigenvalue weighted by Gasteiger charge is 2.31. The van der Waals surface area contributed by atoms with Gasteiger partial charge in [-0.2, -0.15) is 5.26 Å². The van der Waals surface area contributed by atoms with E-state index in [0.717, 1.165) is 5.56 Å². The fourth-order valence-corrected chi connectivity index (χ4v) is 1.57. The van der Waals surface area contributed by atoms with Crippen LogP contribution in [0.4, 0.5) is 0 Å². The average Bonchev–Trinajstić information content (AvgIpc) is 2.40. The Morgan fingerprint density at radius 2 is 1.69 bits per heavy atom. The highest BCUT2D eigenvalue weighted by atomic mass is 14.9. The van der Waals surface area contributed by atoms with Crippen molar-refractivity contribution >= 4 is 0 Å². The molecule has 0 N–H and O–H groups in total. The van der Waals surface area contributed by atoms with Crippen LogP contribution in [0.2, 0.25) is 0 Å². The average molecular weight is 209 g/mol. The minimum absolute atomic E-state index is 0.531. The van der Waals surface area contributed by atoms with E-state index in [-0.39, 0.29) is 0 Å². The van der Waals surface area contributed by atoms with Gasteiger partial charge in [0.25, 0.3) is 0 Å². The molecule has 0 saturated carbocycles. The predicted octanol–water partition coefficient (Wildman–Crippen LogP) is 2.31. The summed E-state index contributed by atoms with van der Waals surface area (Å²) in [5.41, 5.74) is 0.117. The summed E-state index contributed by atoms with van der Waals surface area (Å²) < 4.78 is 0. The summed E-state index contributed by atoms with van der Waals surface area (Å²) in [7, 11) is 0. The van der Waals surface area contributed by atoms with Crippen LogP contribution in [-0.4, -0.2) is 9.97 Å². The first-order chi connectivity index (χ1) is 7.77. The normalized spacial score (nSPS) is 13.8. The maximum atomic E-state index is 9.36. The van der Waals surface area contributed by atoms with Gasteiger partial charge in [0.2, 0.25) is 0 Å². The highest BCUT2D eigenvalue weighted by Crippen LogP contribution is 2.27. The van der Waals surface area contributed by atoms with Gasteiger partial charge in [0.1, 0.15) is 5.41 Å². The first-order valence-electron chi connectivity index (χ1n) is 5.01. The van der Waals surface area contributed by atoms with E-state index in [9.17, 15) is 5.26 Å². The van der Waals surface area contributed by atoms with Crippen LogP contribution in [0, 0.1) is 11.3 Å². The van der Waals surface area contributed by atoms with Crippen LogP contribution in [0.1, 0.15) is 18.3 Å². The molecule has 0 fully saturated rings. The number of hydrogen-bond acceptors (Lipinski definition) is 3. The minimum Gasteiger partial charge on any atom is -0.239 e. The fraction of sp³-hybridized carbons (Fsp3) is 0.154. The van der Waals surface area contributed by atoms with Crippen molar-refractivity contribution < 1.29 is 0 Å². The van der Waals surface area contributed by atoms with E-state index < -0.39 is 5.41 Å². The van der Waals surface area contributed by atoms with E-state index >= 15 is 0 Å². The lowest BCUT2D eigenvalue weighted by Crippen LogP contribution is -2.24. The molecule has 0 saturated heterocycles. The molecule has 3 heteroatoms. The van der Waals surface area contributed by atoms with Crippen molar-refractivity contribution in [2.45, 2.75) is 12.3 Å². The molecule has 1 atom stereocenters. The zero-order valence-electron chi connectivity index (χ0n) is 8.96. The second kappa shape index (κ2) is 4.11. The molecule has 1 aromatic heterocycles. The van der Waals surface area contributed by atoms with E-state index in [1.807, 2.05) is 37.3 Å². The monoisotopic (exact) mass is 209 g/mol. The van der Waals surface area contributed by atoms with Crippen molar-refractivity contribution in [3.63, 3.8) is 0 Å². The fourth-order valence-electron chi connectivity index (χ4n) is 1.57. The molecule has 3 nitrogen and oxygen atoms in total. The molecule has 1 aromatic carbocycles. The van der Waals surface area contributed by atoms with Gasteiger partial charge in [0, 0.05) is 12.4 Å². The van der Waals surface area contributed by atoms with Crippen molar-refractivity contribution in [2.75, 3.05) is 0 Å². The van der Waals surface area contributed by atoms with Gasteiger partial charge in [-0.15, -0.1) is 0 Å². The summed E-state index contributed by atoms with van der Waals surface area (Å²) in [6, 6.07) is 13.6. The van der Waals surface area contributed by atoms with E-state index in [0.29, 0.717) is 5.82 Å². The lowest BCUT2D eigenvalue weighted by molar-refractivity contribution is 0.674. The summed E-state index contributed by atoms with van der Waals surface area (Å²) in [6.07, 6.45) is 3.31. The van der Waals surface area contributed by atoms with Gasteiger partial charge in [-0.1, -0.05) is 30.3 Å². The molecule has 2 aromatic rings. The lowest BCUT2D eigenvalue weighted by atomic mass is 9.83. The van der Waals surface area contributed by atoms with Crippen LogP contribution in [-0.2, 0) is 5.41 Å². The quantitative estimate of drug-likeness (QED) is 0.762. The van der Waals surface area contributed by atoms with E-state index in [4.69, 9.17) is 0 Å². The van der Waals surface area contributed by atoms with Gasteiger partial charge >= 0.3 is 0 Å². The highest BCUT2D eigenvalue weighted by molar-refractivity contribution is 5.38. The van der Waals surface area contributed by atoms with Crippen LogP contribution >= 0.6 is 0 Å². The maximum absolute atomic E-state index is 9.36. The second-order valence-corrected chi connectivity index (χ2v) is 3.68. The molecule has 0 aliphatic rings. The molecular formula is C13H11N3. The van der Waals surface area contributed by atoms with Crippen molar-refractivity contribution in [1.82, 2.24) is 9.97 Å².